The molecule has 3 N–H and O–H groups in total. The third-order valence-corrected chi connectivity index (χ3v) is 1.33. The molecule has 0 aliphatic carbocycles. The Morgan fingerprint density at radius 1 is 1.82 bits per heavy atom. The van der Waals surface area contributed by atoms with Gasteiger partial charge in [-0.1, -0.05) is 12.1 Å². The second kappa shape index (κ2) is 2.61. The normalized spacial score (nSPS) is 9.91. The van der Waals surface area contributed by atoms with Gasteiger partial charge >= 0.3 is 5.97 Å². The molecule has 0 aliphatic heterocycles. The van der Waals surface area contributed by atoms with Crippen LogP contribution in [0.1, 0.15) is 23.2 Å². The average Bonchev–Trinajstić information content (AvgIpc) is 2.30. The second-order valence-electron chi connectivity index (χ2n) is 2.03. The minimum atomic E-state index is -1.16. The zero-order valence-electron chi connectivity index (χ0n) is 6.00. The first-order valence-electron chi connectivity index (χ1n) is 3.14. The first-order valence-corrected chi connectivity index (χ1v) is 3.14. The highest BCUT2D eigenvalue weighted by Gasteiger charge is 2.16. The lowest BCUT2D eigenvalue weighted by atomic mass is 10.2. The monoisotopic (exact) mass is 156 g/mol. The van der Waals surface area contributed by atoms with E-state index in [0.717, 1.165) is 0 Å². The van der Waals surface area contributed by atoms with Gasteiger partial charge in [-0.2, -0.15) is 0 Å². The molecule has 0 bridgehead atoms. The summed E-state index contributed by atoms with van der Waals surface area (Å²) in [7, 11) is 0. The van der Waals surface area contributed by atoms with Crippen molar-refractivity contribution in [2.45, 2.75) is 13.3 Å². The number of nitrogen functional groups attached to an aromatic ring is 1. The number of aromatic nitrogens is 1. The Morgan fingerprint density at radius 3 is 2.73 bits per heavy atom. The number of rotatable bonds is 2. The fourth-order valence-corrected chi connectivity index (χ4v) is 0.740. The fourth-order valence-electron chi connectivity index (χ4n) is 0.740. The van der Waals surface area contributed by atoms with Crippen molar-refractivity contribution in [2.75, 3.05) is 5.73 Å². The number of aromatic carboxylic acids is 1. The maximum atomic E-state index is 10.3. The SMILES string of the molecule is CCc1onc(C(=O)O)c1N. The summed E-state index contributed by atoms with van der Waals surface area (Å²) in [6.07, 6.45) is 0.548. The third-order valence-electron chi connectivity index (χ3n) is 1.33. The zero-order chi connectivity index (χ0) is 8.43. The maximum absolute atomic E-state index is 10.3. The molecule has 0 radical (unpaired) electrons. The summed E-state index contributed by atoms with van der Waals surface area (Å²) in [4.78, 5) is 10.3. The van der Waals surface area contributed by atoms with Crippen molar-refractivity contribution < 1.29 is 14.4 Å². The quantitative estimate of drug-likeness (QED) is 0.651. The number of hydrogen-bond acceptors (Lipinski definition) is 4. The van der Waals surface area contributed by atoms with E-state index < -0.39 is 5.97 Å². The van der Waals surface area contributed by atoms with Crippen molar-refractivity contribution in [3.8, 4) is 0 Å². The largest absolute Gasteiger partial charge is 0.476 e. The van der Waals surface area contributed by atoms with Crippen LogP contribution >= 0.6 is 0 Å². The summed E-state index contributed by atoms with van der Waals surface area (Å²) >= 11 is 0. The van der Waals surface area contributed by atoms with Crippen LogP contribution in [-0.2, 0) is 6.42 Å². The summed E-state index contributed by atoms with van der Waals surface area (Å²) < 4.78 is 4.65. The van der Waals surface area contributed by atoms with Gasteiger partial charge in [0, 0.05) is 6.42 Å². The predicted octanol–water partition coefficient (Wildman–Crippen LogP) is 0.517. The Balaban J connectivity index is 3.10. The third kappa shape index (κ3) is 1.17. The van der Waals surface area contributed by atoms with Gasteiger partial charge in [0.15, 0.2) is 5.76 Å². The van der Waals surface area contributed by atoms with E-state index in [2.05, 4.69) is 9.68 Å². The topological polar surface area (TPSA) is 89.3 Å². The van der Waals surface area contributed by atoms with Gasteiger partial charge in [-0.15, -0.1) is 0 Å². The van der Waals surface area contributed by atoms with Crippen molar-refractivity contribution in [1.82, 2.24) is 5.16 Å². The molecule has 0 aliphatic rings. The number of aryl methyl sites for hydroxylation is 1. The van der Waals surface area contributed by atoms with Crippen LogP contribution in [0, 0.1) is 0 Å². The summed E-state index contributed by atoms with van der Waals surface area (Å²) in [6, 6.07) is 0. The van der Waals surface area contributed by atoms with E-state index in [9.17, 15) is 4.79 Å². The number of hydrogen-bond donors (Lipinski definition) is 2. The van der Waals surface area contributed by atoms with Gasteiger partial charge in [0.2, 0.25) is 5.69 Å². The van der Waals surface area contributed by atoms with E-state index in [1.807, 2.05) is 6.92 Å². The van der Waals surface area contributed by atoms with E-state index in [4.69, 9.17) is 10.8 Å². The fraction of sp³-hybridized carbons (Fsp3) is 0.333. The molecule has 0 unspecified atom stereocenters. The first kappa shape index (κ1) is 7.59. The van der Waals surface area contributed by atoms with Crippen molar-refractivity contribution in [3.05, 3.63) is 11.5 Å². The van der Waals surface area contributed by atoms with Gasteiger partial charge < -0.3 is 15.4 Å². The minimum Gasteiger partial charge on any atom is -0.476 e. The lowest BCUT2D eigenvalue weighted by molar-refractivity contribution is 0.0686. The zero-order valence-corrected chi connectivity index (χ0v) is 6.00. The predicted molar refractivity (Wildman–Crippen MR) is 37.3 cm³/mol. The first-order chi connectivity index (χ1) is 5.16. The highest BCUT2D eigenvalue weighted by molar-refractivity contribution is 5.91. The van der Waals surface area contributed by atoms with Crippen LogP contribution in [0.3, 0.4) is 0 Å². The van der Waals surface area contributed by atoms with Gasteiger partial charge in [-0.25, -0.2) is 4.79 Å². The number of carboxylic acids is 1. The molecule has 11 heavy (non-hydrogen) atoms. The minimum absolute atomic E-state index is 0.125. The van der Waals surface area contributed by atoms with Crippen LogP contribution in [0.25, 0.3) is 0 Å². The van der Waals surface area contributed by atoms with E-state index in [-0.39, 0.29) is 11.4 Å². The Labute approximate surface area is 62.8 Å². The standard InChI is InChI=1S/C6H8N2O3/c1-2-3-4(7)5(6(9)10)8-11-3/h2,7H2,1H3,(H,9,10). The molecule has 0 fully saturated rings. The molecule has 0 atom stereocenters. The van der Waals surface area contributed by atoms with Gasteiger partial charge in [0.05, 0.1) is 0 Å². The van der Waals surface area contributed by atoms with Crippen LogP contribution in [-0.4, -0.2) is 16.2 Å². The Kier molecular flexibility index (Phi) is 1.80. The molecule has 0 saturated heterocycles. The number of carboxylic acid groups (broad SMARTS) is 1. The van der Waals surface area contributed by atoms with Crippen LogP contribution < -0.4 is 5.73 Å². The van der Waals surface area contributed by atoms with Crippen molar-refractivity contribution in [2.24, 2.45) is 0 Å². The van der Waals surface area contributed by atoms with Gasteiger partial charge in [-0.3, -0.25) is 0 Å². The number of anilines is 1. The molecule has 1 aromatic rings. The molecule has 60 valence electrons. The van der Waals surface area contributed by atoms with E-state index >= 15 is 0 Å². The van der Waals surface area contributed by atoms with Crippen LogP contribution in [0.15, 0.2) is 4.52 Å². The van der Waals surface area contributed by atoms with E-state index in [1.165, 1.54) is 0 Å². The van der Waals surface area contributed by atoms with E-state index in [1.54, 1.807) is 0 Å². The molecular weight excluding hydrogens is 148 g/mol. The molecule has 5 nitrogen and oxygen atoms in total. The molecule has 0 saturated carbocycles. The Hall–Kier alpha value is -1.52. The summed E-state index contributed by atoms with van der Waals surface area (Å²) in [6.45, 7) is 1.81. The van der Waals surface area contributed by atoms with Crippen LogP contribution in [0.2, 0.25) is 0 Å². The molecular formula is C6H8N2O3. The van der Waals surface area contributed by atoms with Crippen molar-refractivity contribution in [3.63, 3.8) is 0 Å². The van der Waals surface area contributed by atoms with Gasteiger partial charge in [-0.05, 0) is 0 Å². The molecule has 0 spiro atoms. The maximum Gasteiger partial charge on any atom is 0.360 e. The molecule has 1 heterocycles. The van der Waals surface area contributed by atoms with Gasteiger partial charge in [0.25, 0.3) is 0 Å². The van der Waals surface area contributed by atoms with Crippen LogP contribution in [0.4, 0.5) is 5.69 Å². The number of nitrogens with zero attached hydrogens (tertiary/aromatic N) is 1. The lowest BCUT2D eigenvalue weighted by Gasteiger charge is -1.88. The Bertz CT molecular complexity index is 279. The second-order valence-corrected chi connectivity index (χ2v) is 2.03. The smallest absolute Gasteiger partial charge is 0.360 e. The molecule has 1 aromatic heterocycles. The van der Waals surface area contributed by atoms with E-state index in [0.29, 0.717) is 12.2 Å². The Morgan fingerprint density at radius 2 is 2.45 bits per heavy atom. The summed E-state index contributed by atoms with van der Waals surface area (Å²) in [5.41, 5.74) is 5.30. The summed E-state index contributed by atoms with van der Waals surface area (Å²) in [5.74, 6) is -0.742. The van der Waals surface area contributed by atoms with Crippen molar-refractivity contribution >= 4 is 11.7 Å². The van der Waals surface area contributed by atoms with Crippen LogP contribution in [0.5, 0.6) is 0 Å². The van der Waals surface area contributed by atoms with Crippen molar-refractivity contribution in [1.29, 1.82) is 0 Å². The number of nitrogens with two attached hydrogens (primary N) is 1. The summed E-state index contributed by atoms with van der Waals surface area (Å²) in [5, 5.41) is 11.8. The molecule has 0 amide bonds. The molecule has 0 aromatic carbocycles. The highest BCUT2D eigenvalue weighted by atomic mass is 16.5. The highest BCUT2D eigenvalue weighted by Crippen LogP contribution is 2.16. The molecule has 5 heteroatoms. The lowest BCUT2D eigenvalue weighted by Crippen LogP contribution is -2.01. The number of carbonyl (C=O) groups is 1. The molecule has 1 rings (SSSR count). The van der Waals surface area contributed by atoms with Gasteiger partial charge in [0.1, 0.15) is 5.69 Å². The average molecular weight is 156 g/mol.